The second-order valence-electron chi connectivity index (χ2n) is 13.7. The van der Waals surface area contributed by atoms with Crippen LogP contribution in [0.25, 0.3) is 0 Å². The summed E-state index contributed by atoms with van der Waals surface area (Å²) in [4.78, 5) is 66.1. The lowest BCUT2D eigenvalue weighted by molar-refractivity contribution is -0.145. The number of carbonyl (C=O) groups excluding carboxylic acids is 5. The van der Waals surface area contributed by atoms with Gasteiger partial charge in [0, 0.05) is 19.4 Å². The Balaban J connectivity index is 1.57. The van der Waals surface area contributed by atoms with Crippen LogP contribution in [0.2, 0.25) is 0 Å². The van der Waals surface area contributed by atoms with Gasteiger partial charge in [0.2, 0.25) is 23.5 Å². The van der Waals surface area contributed by atoms with E-state index in [1.165, 1.54) is 4.90 Å². The van der Waals surface area contributed by atoms with Gasteiger partial charge in [-0.25, -0.2) is 13.6 Å². The van der Waals surface area contributed by atoms with Gasteiger partial charge in [-0.2, -0.15) is 0 Å². The largest absolute Gasteiger partial charge is 0.444 e. The quantitative estimate of drug-likeness (QED) is 0.364. The highest BCUT2D eigenvalue weighted by Crippen LogP contribution is 2.65. The standard InChI is InChI=1S/C28H42F2N4O6/c1-26(2,3)40-25(39)33-19(15-8-10-28(29,30)11-9-15)24(38)34-13-16-18(27(16,4)5)20(34)23(37)32-17(12-14-6-7-14)21(35)22(31)36/h14-20H,6-13H2,1-5H3,(H2,31,36)(H,32,37)(H,33,39)/t16-,17-,18-,19-,20-/m0/s1. The minimum Gasteiger partial charge on any atom is -0.444 e. The molecule has 4 N–H and O–H groups in total. The SMILES string of the molecule is CC(C)(C)OC(=O)N[C@H](C(=O)N1C[C@H]2[C@@H]([C@H]1C(=O)N[C@@H](CC1CC1)C(=O)C(N)=O)C2(C)C)C1CCC(F)(F)CC1. The van der Waals surface area contributed by atoms with Gasteiger partial charge < -0.3 is 26.0 Å². The Hall–Kier alpha value is -2.79. The minimum absolute atomic E-state index is 0.0128. The summed E-state index contributed by atoms with van der Waals surface area (Å²) in [5, 5.41) is 5.32. The lowest BCUT2D eigenvalue weighted by Gasteiger charge is -2.38. The summed E-state index contributed by atoms with van der Waals surface area (Å²) in [7, 11) is 0. The maximum atomic E-state index is 14.1. The predicted octanol–water partition coefficient (Wildman–Crippen LogP) is 2.53. The van der Waals surface area contributed by atoms with Crippen molar-refractivity contribution in [1.82, 2.24) is 15.5 Å². The normalized spacial score (nSPS) is 28.6. The number of nitrogens with two attached hydrogens (primary N) is 1. The van der Waals surface area contributed by atoms with E-state index < -0.39 is 78.0 Å². The first kappa shape index (κ1) is 30.2. The number of nitrogens with zero attached hydrogens (tertiary/aromatic N) is 1. The zero-order valence-electron chi connectivity index (χ0n) is 23.9. The number of likely N-dealkylation sites (tertiary alicyclic amines) is 1. The minimum atomic E-state index is -2.83. The molecular weight excluding hydrogens is 526 g/mol. The number of ether oxygens (including phenoxy) is 1. The molecule has 1 aliphatic heterocycles. The van der Waals surface area contributed by atoms with Crippen LogP contribution in [0.5, 0.6) is 0 Å². The Kier molecular flexibility index (Phi) is 7.96. The number of halogens is 2. The van der Waals surface area contributed by atoms with Crippen LogP contribution in [0.1, 0.15) is 79.6 Å². The maximum absolute atomic E-state index is 14.1. The molecule has 4 fully saturated rings. The number of nitrogens with one attached hydrogen (secondary N) is 2. The van der Waals surface area contributed by atoms with Crippen molar-refractivity contribution < 1.29 is 37.5 Å². The molecule has 10 nitrogen and oxygen atoms in total. The van der Waals surface area contributed by atoms with Crippen LogP contribution in [0.15, 0.2) is 0 Å². The van der Waals surface area contributed by atoms with E-state index in [4.69, 9.17) is 10.5 Å². The Morgan fingerprint density at radius 2 is 1.62 bits per heavy atom. The Morgan fingerprint density at radius 3 is 2.15 bits per heavy atom. The van der Waals surface area contributed by atoms with Gasteiger partial charge in [-0.05, 0) is 69.1 Å². The number of amides is 4. The van der Waals surface area contributed by atoms with Crippen LogP contribution < -0.4 is 16.4 Å². The first-order chi connectivity index (χ1) is 18.4. The second-order valence-corrected chi connectivity index (χ2v) is 13.7. The molecule has 3 saturated carbocycles. The molecule has 40 heavy (non-hydrogen) atoms. The maximum Gasteiger partial charge on any atom is 0.408 e. The van der Waals surface area contributed by atoms with Crippen molar-refractivity contribution >= 4 is 29.6 Å². The van der Waals surface area contributed by atoms with Crippen LogP contribution >= 0.6 is 0 Å². The predicted molar refractivity (Wildman–Crippen MR) is 140 cm³/mol. The van der Waals surface area contributed by atoms with Crippen LogP contribution in [0, 0.1) is 29.1 Å². The van der Waals surface area contributed by atoms with E-state index in [0.29, 0.717) is 6.42 Å². The highest BCUT2D eigenvalue weighted by Gasteiger charge is 2.70. The average Bonchev–Trinajstić information content (AvgIpc) is 3.67. The topological polar surface area (TPSA) is 148 Å². The lowest BCUT2D eigenvalue weighted by Crippen LogP contribution is -2.60. The smallest absolute Gasteiger partial charge is 0.408 e. The molecule has 0 aromatic heterocycles. The molecule has 0 radical (unpaired) electrons. The molecule has 3 aliphatic carbocycles. The summed E-state index contributed by atoms with van der Waals surface area (Å²) in [6.07, 6.45) is 0.480. The van der Waals surface area contributed by atoms with Gasteiger partial charge in [-0.1, -0.05) is 26.7 Å². The van der Waals surface area contributed by atoms with E-state index in [0.717, 1.165) is 12.8 Å². The molecule has 5 atom stereocenters. The van der Waals surface area contributed by atoms with Gasteiger partial charge >= 0.3 is 6.09 Å². The lowest BCUT2D eigenvalue weighted by atomic mass is 9.81. The third-order valence-electron chi connectivity index (χ3n) is 9.07. The molecule has 0 unspecified atom stereocenters. The fraction of sp³-hybridized carbons (Fsp3) is 0.821. The first-order valence-corrected chi connectivity index (χ1v) is 14.2. The van der Waals surface area contributed by atoms with Crippen LogP contribution in [0.4, 0.5) is 13.6 Å². The molecule has 224 valence electrons. The summed E-state index contributed by atoms with van der Waals surface area (Å²) in [6, 6.07) is -3.18. The molecule has 1 saturated heterocycles. The third-order valence-corrected chi connectivity index (χ3v) is 9.07. The molecule has 0 bridgehead atoms. The Morgan fingerprint density at radius 1 is 1.02 bits per heavy atom. The van der Waals surface area contributed by atoms with E-state index >= 15 is 0 Å². The molecular formula is C28H42F2N4O6. The highest BCUT2D eigenvalue weighted by atomic mass is 19.3. The van der Waals surface area contributed by atoms with Crippen molar-refractivity contribution in [1.29, 1.82) is 0 Å². The number of primary amides is 1. The molecule has 4 rings (SSSR count). The first-order valence-electron chi connectivity index (χ1n) is 14.2. The summed E-state index contributed by atoms with van der Waals surface area (Å²) >= 11 is 0. The molecule has 0 aromatic carbocycles. The van der Waals surface area contributed by atoms with E-state index in [2.05, 4.69) is 10.6 Å². The number of hydrogen-bond donors (Lipinski definition) is 3. The fourth-order valence-electron chi connectivity index (χ4n) is 6.55. The molecule has 0 spiro atoms. The van der Waals surface area contributed by atoms with Crippen molar-refractivity contribution in [3.8, 4) is 0 Å². The number of hydrogen-bond acceptors (Lipinski definition) is 6. The number of rotatable bonds is 9. The zero-order chi connectivity index (χ0) is 29.8. The second kappa shape index (κ2) is 10.6. The third kappa shape index (κ3) is 6.57. The van der Waals surface area contributed by atoms with E-state index in [1.807, 2.05) is 13.8 Å². The summed E-state index contributed by atoms with van der Waals surface area (Å²) in [6.45, 7) is 9.27. The van der Waals surface area contributed by atoms with Gasteiger partial charge in [0.1, 0.15) is 17.7 Å². The molecule has 4 amide bonds. The van der Waals surface area contributed by atoms with Crippen molar-refractivity contribution in [2.24, 2.45) is 34.8 Å². The van der Waals surface area contributed by atoms with Crippen LogP contribution in [-0.2, 0) is 23.9 Å². The van der Waals surface area contributed by atoms with Gasteiger partial charge in [-0.3, -0.25) is 19.2 Å². The number of alkyl carbamates (subject to hydrolysis) is 1. The number of alkyl halides is 2. The van der Waals surface area contributed by atoms with E-state index in [9.17, 15) is 32.8 Å². The summed E-state index contributed by atoms with van der Waals surface area (Å²) in [5.74, 6) is -6.47. The van der Waals surface area contributed by atoms with Crippen molar-refractivity contribution in [3.63, 3.8) is 0 Å². The molecule has 0 aromatic rings. The van der Waals surface area contributed by atoms with E-state index in [1.54, 1.807) is 20.8 Å². The fourth-order valence-corrected chi connectivity index (χ4v) is 6.55. The zero-order valence-corrected chi connectivity index (χ0v) is 23.9. The Labute approximate surface area is 233 Å². The van der Waals surface area contributed by atoms with Crippen molar-refractivity contribution in [2.75, 3.05) is 6.54 Å². The number of Topliss-reactive ketones (excluding diaryl/α,β-unsaturated/α-hetero) is 1. The molecule has 4 aliphatic rings. The summed E-state index contributed by atoms with van der Waals surface area (Å²) < 4.78 is 33.3. The number of ketones is 1. The van der Waals surface area contributed by atoms with Gasteiger partial charge in [0.25, 0.3) is 5.91 Å². The average molecular weight is 569 g/mol. The van der Waals surface area contributed by atoms with Crippen LogP contribution in [0.3, 0.4) is 0 Å². The van der Waals surface area contributed by atoms with Crippen molar-refractivity contribution in [3.05, 3.63) is 0 Å². The molecule has 12 heteroatoms. The van der Waals surface area contributed by atoms with Crippen LogP contribution in [-0.4, -0.2) is 70.7 Å². The summed E-state index contributed by atoms with van der Waals surface area (Å²) in [5.41, 5.74) is 4.16. The van der Waals surface area contributed by atoms with Gasteiger partial charge in [0.15, 0.2) is 0 Å². The van der Waals surface area contributed by atoms with Gasteiger partial charge in [0.05, 0.1) is 6.04 Å². The number of carbonyl (C=O) groups is 5. The highest BCUT2D eigenvalue weighted by molar-refractivity contribution is 6.37. The van der Waals surface area contributed by atoms with E-state index in [-0.39, 0.29) is 42.6 Å². The molecule has 1 heterocycles. The van der Waals surface area contributed by atoms with Crippen molar-refractivity contribution in [2.45, 2.75) is 109 Å². The number of piperidine rings is 1. The Bertz CT molecular complexity index is 1060. The van der Waals surface area contributed by atoms with Gasteiger partial charge in [-0.15, -0.1) is 0 Å². The number of fused-ring (bicyclic) bond motifs is 1. The monoisotopic (exact) mass is 568 g/mol.